The van der Waals surface area contributed by atoms with E-state index in [1.54, 1.807) is 12.1 Å². The molecule has 2 atom stereocenters. The lowest BCUT2D eigenvalue weighted by atomic mass is 9.78. The standard InChI is InChI=1S/C62H61N4O/c1-41-19-16-28-56-58(41)66(59-50(42-20-12-11-13-21-42)25-18-26-51(59)43-33-45(61(5,6)7)35-46(34-43)62(8,9)10)39-65(56,40-66)47-22-17-23-48(37-47)67-49-29-30-53-52-24-14-15-27-54(52)64(55(53)38-49)57-36-44(31-32-63-57)60(2,3)4/h11-39H,40H2,1-10H3/q+1/t65-,66-/m1/s1/i1D3,11D,12D,13D,20D,21D. The number of benzene rings is 7. The summed E-state index contributed by atoms with van der Waals surface area (Å²) in [5.74, 6) is 2.03. The lowest BCUT2D eigenvalue weighted by molar-refractivity contribution is 0.187. The number of aryl methyl sites for hydroxylation is 1. The summed E-state index contributed by atoms with van der Waals surface area (Å²) >= 11 is 0. The fourth-order valence-electron chi connectivity index (χ4n) is 10.4. The Morgan fingerprint density at radius 1 is 0.582 bits per heavy atom. The summed E-state index contributed by atoms with van der Waals surface area (Å²) in [6.07, 6.45) is 1.87. The molecule has 7 aromatic carbocycles. The van der Waals surface area contributed by atoms with Crippen molar-refractivity contribution in [2.45, 2.75) is 85.4 Å². The summed E-state index contributed by atoms with van der Waals surface area (Å²) in [4.78, 5) is 4.87. The molecule has 0 aliphatic carbocycles. The van der Waals surface area contributed by atoms with Gasteiger partial charge in [-0.05, 0) is 106 Å². The zero-order chi connectivity index (χ0) is 53.5. The van der Waals surface area contributed by atoms with Crippen LogP contribution in [0.1, 0.15) is 95.5 Å². The predicted molar refractivity (Wildman–Crippen MR) is 282 cm³/mol. The molecule has 0 N–H and O–H groups in total. The summed E-state index contributed by atoms with van der Waals surface area (Å²) < 4.78 is 81.2. The second-order valence-electron chi connectivity index (χ2n) is 21.5. The molecule has 0 amide bonds. The van der Waals surface area contributed by atoms with Gasteiger partial charge in [0.05, 0.1) is 24.6 Å². The van der Waals surface area contributed by atoms with Gasteiger partial charge in [0.1, 0.15) is 28.7 Å². The first-order valence-corrected chi connectivity index (χ1v) is 23.2. The van der Waals surface area contributed by atoms with E-state index in [9.17, 15) is 2.74 Å². The molecular weight excluding hydrogens is 817 g/mol. The molecule has 12 rings (SSSR count). The Morgan fingerprint density at radius 2 is 1.24 bits per heavy atom. The molecule has 3 aliphatic heterocycles. The second kappa shape index (κ2) is 15.1. The number of rotatable bonds is 7. The topological polar surface area (TPSA) is 27.1 Å². The van der Waals surface area contributed by atoms with Crippen molar-refractivity contribution >= 4 is 44.6 Å². The van der Waals surface area contributed by atoms with Crippen LogP contribution in [-0.2, 0) is 16.2 Å². The van der Waals surface area contributed by atoms with E-state index in [4.69, 9.17) is 17.9 Å². The van der Waals surface area contributed by atoms with Crippen molar-refractivity contribution in [1.29, 1.82) is 0 Å². The first-order chi connectivity index (χ1) is 35.2. The fraction of sp³-hybridized carbons (Fsp3) is 0.226. The largest absolute Gasteiger partial charge is 0.457 e. The van der Waals surface area contributed by atoms with E-state index in [0.29, 0.717) is 35.1 Å². The van der Waals surface area contributed by atoms with Gasteiger partial charge in [0, 0.05) is 56.0 Å². The van der Waals surface area contributed by atoms with Crippen molar-refractivity contribution < 1.29 is 15.7 Å². The number of pyridine rings is 1. The van der Waals surface area contributed by atoms with Gasteiger partial charge < -0.3 is 4.74 Å². The number of ether oxygens (including phenoxy) is 1. The molecule has 5 heteroatoms. The second-order valence-corrected chi connectivity index (χ2v) is 21.5. The van der Waals surface area contributed by atoms with Crippen LogP contribution in [0.2, 0.25) is 0 Å². The van der Waals surface area contributed by atoms with Gasteiger partial charge >= 0.3 is 0 Å². The Balaban J connectivity index is 1.10. The fourth-order valence-corrected chi connectivity index (χ4v) is 10.4. The molecule has 0 radical (unpaired) electrons. The van der Waals surface area contributed by atoms with Gasteiger partial charge in [-0.15, -0.1) is 0 Å². The van der Waals surface area contributed by atoms with Crippen molar-refractivity contribution in [3.8, 4) is 39.6 Å². The van der Waals surface area contributed by atoms with E-state index in [1.165, 1.54) is 5.56 Å². The summed E-state index contributed by atoms with van der Waals surface area (Å²) in [5, 5.41) is 2.17. The minimum atomic E-state index is -2.54. The number of para-hydroxylation sites is 3. The predicted octanol–water partition coefficient (Wildman–Crippen LogP) is 16.9. The van der Waals surface area contributed by atoms with Crippen molar-refractivity contribution in [2.24, 2.45) is 0 Å². The van der Waals surface area contributed by atoms with E-state index in [1.807, 2.05) is 72.9 Å². The average molecular weight is 886 g/mol. The van der Waals surface area contributed by atoms with Crippen molar-refractivity contribution in [3.05, 3.63) is 199 Å². The van der Waals surface area contributed by atoms with E-state index in [0.717, 1.165) is 61.3 Å². The highest BCUT2D eigenvalue weighted by Crippen LogP contribution is 2.68. The lowest BCUT2D eigenvalue weighted by Crippen LogP contribution is -2.67. The van der Waals surface area contributed by atoms with Crippen LogP contribution in [0.15, 0.2) is 170 Å². The maximum Gasteiger partial charge on any atom is 0.186 e. The lowest BCUT2D eigenvalue weighted by Gasteiger charge is -2.57. The van der Waals surface area contributed by atoms with Gasteiger partial charge in [0.2, 0.25) is 0 Å². The van der Waals surface area contributed by atoms with Gasteiger partial charge in [-0.25, -0.2) is 4.98 Å². The number of nitrogens with zero attached hydrogens (tertiary/aromatic N) is 4. The van der Waals surface area contributed by atoms with E-state index < -0.39 is 25.0 Å². The minimum absolute atomic E-state index is 0.0516. The average Bonchev–Trinajstić information content (AvgIpc) is 4.13. The molecule has 334 valence electrons. The molecule has 2 bridgehead atoms. The number of hydrogen-bond donors (Lipinski definition) is 0. The molecule has 1 saturated heterocycles. The molecular formula is C62H61N4O+. The van der Waals surface area contributed by atoms with Crippen molar-refractivity contribution in [1.82, 2.24) is 18.5 Å². The Labute approximate surface area is 408 Å². The molecule has 0 unspecified atom stereocenters. The Hall–Kier alpha value is -6.79. The normalized spacial score (nSPS) is 19.9. The third kappa shape index (κ3) is 6.93. The quantitative estimate of drug-likeness (QED) is 0.118. The Kier molecular flexibility index (Phi) is 7.79. The third-order valence-corrected chi connectivity index (χ3v) is 13.9. The molecule has 0 saturated carbocycles. The Morgan fingerprint density at radius 3 is 1.96 bits per heavy atom. The maximum atomic E-state index is 9.36. The van der Waals surface area contributed by atoms with Crippen molar-refractivity contribution in [3.63, 3.8) is 0 Å². The molecule has 5 heterocycles. The van der Waals surface area contributed by atoms with Crippen LogP contribution in [0.5, 0.6) is 11.5 Å². The first kappa shape index (κ1) is 34.5. The zero-order valence-electron chi connectivity index (χ0n) is 47.8. The molecule has 3 aliphatic rings. The molecule has 67 heavy (non-hydrogen) atoms. The van der Waals surface area contributed by atoms with Crippen LogP contribution in [0.4, 0.5) is 22.7 Å². The molecule has 2 aromatic heterocycles. The van der Waals surface area contributed by atoms with E-state index in [-0.39, 0.29) is 48.4 Å². The maximum absolute atomic E-state index is 9.36. The first-order valence-electron chi connectivity index (χ1n) is 27.2. The SMILES string of the molecule is [2H]c1c([2H])c([2H])c(-c2cccc(-c3cc(C(C)(C)C)cc(C(C)(C)C)c3)c2[N@+]23[CH-][N@+](c4cccc(Oc5ccc6c7ccccc7n(-c7cc(C(C)(C)C)ccn7)c6c5)c4)(C2)c2cccc(C([2H])([2H])[2H])c23)c([2H])c1[2H]. The van der Waals surface area contributed by atoms with Crippen LogP contribution < -0.4 is 13.7 Å². The van der Waals surface area contributed by atoms with Crippen LogP contribution in [0.25, 0.3) is 49.9 Å². The van der Waals surface area contributed by atoms with Crippen LogP contribution in [0, 0.1) is 13.5 Å². The highest BCUT2D eigenvalue weighted by Gasteiger charge is 2.64. The van der Waals surface area contributed by atoms with Gasteiger partial charge in [0.15, 0.2) is 18.0 Å². The van der Waals surface area contributed by atoms with Gasteiger partial charge in [-0.2, -0.15) is 0 Å². The monoisotopic (exact) mass is 886 g/mol. The van der Waals surface area contributed by atoms with E-state index in [2.05, 4.69) is 128 Å². The number of hydrogen-bond acceptors (Lipinski definition) is 2. The van der Waals surface area contributed by atoms with Crippen molar-refractivity contribution in [2.75, 3.05) is 6.67 Å². The summed E-state index contributed by atoms with van der Waals surface area (Å²) in [7, 11) is 0. The number of quaternary nitrogens is 2. The van der Waals surface area contributed by atoms with Gasteiger partial charge in [0.25, 0.3) is 0 Å². The van der Waals surface area contributed by atoms with Gasteiger partial charge in [-0.3, -0.25) is 13.5 Å². The molecule has 5 nitrogen and oxygen atoms in total. The van der Waals surface area contributed by atoms with Gasteiger partial charge in [-0.1, -0.05) is 153 Å². The minimum Gasteiger partial charge on any atom is -0.457 e. The smallest absolute Gasteiger partial charge is 0.186 e. The Bertz CT molecular complexity index is 3770. The summed E-state index contributed by atoms with van der Waals surface area (Å²) in [6.45, 7) is 19.6. The van der Waals surface area contributed by atoms with Crippen LogP contribution in [0.3, 0.4) is 0 Å². The summed E-state index contributed by atoms with van der Waals surface area (Å²) in [6, 6.07) is 42.4. The highest BCUT2D eigenvalue weighted by molar-refractivity contribution is 6.09. The van der Waals surface area contributed by atoms with Crippen LogP contribution >= 0.6 is 0 Å². The zero-order valence-corrected chi connectivity index (χ0v) is 39.8. The highest BCUT2D eigenvalue weighted by atomic mass is 16.5. The van der Waals surface area contributed by atoms with E-state index >= 15 is 0 Å². The molecule has 1 fully saturated rings. The number of fused-ring (bicyclic) bond motifs is 3. The third-order valence-electron chi connectivity index (χ3n) is 13.9. The number of aromatic nitrogens is 2. The molecule has 0 spiro atoms. The van der Waals surface area contributed by atoms with Crippen LogP contribution in [-0.4, -0.2) is 16.2 Å². The summed E-state index contributed by atoms with van der Waals surface area (Å²) in [5.41, 5.74) is 9.90. The molecule has 9 aromatic rings.